The molecule has 1 saturated carbocycles. The van der Waals surface area contributed by atoms with Crippen LogP contribution in [0.1, 0.15) is 31.2 Å². The van der Waals surface area contributed by atoms with Gasteiger partial charge in [0.1, 0.15) is 0 Å². The largest absolute Gasteiger partial charge is 0.392 e. The van der Waals surface area contributed by atoms with Gasteiger partial charge in [-0.2, -0.15) is 0 Å². The first-order valence-corrected chi connectivity index (χ1v) is 7.08. The topological polar surface area (TPSA) is 46.2 Å². The van der Waals surface area contributed by atoms with E-state index >= 15 is 0 Å². The highest BCUT2D eigenvalue weighted by Gasteiger charge is 2.38. The van der Waals surface area contributed by atoms with Crippen molar-refractivity contribution in [3.8, 4) is 0 Å². The van der Waals surface area contributed by atoms with Gasteiger partial charge in [-0.15, -0.1) is 0 Å². The lowest BCUT2D eigenvalue weighted by molar-refractivity contribution is -0.00585. The molecular formula is C14H20BrNO. The number of aliphatic hydroxyl groups excluding tert-OH is 1. The van der Waals surface area contributed by atoms with Crippen molar-refractivity contribution in [2.75, 3.05) is 6.54 Å². The Morgan fingerprint density at radius 3 is 2.59 bits per heavy atom. The number of hydrogen-bond donors (Lipinski definition) is 2. The van der Waals surface area contributed by atoms with Gasteiger partial charge < -0.3 is 10.8 Å². The molecule has 94 valence electrons. The van der Waals surface area contributed by atoms with Crippen molar-refractivity contribution in [3.63, 3.8) is 0 Å². The Morgan fingerprint density at radius 1 is 1.29 bits per heavy atom. The van der Waals surface area contributed by atoms with E-state index in [9.17, 15) is 5.11 Å². The molecule has 0 aliphatic heterocycles. The lowest BCUT2D eigenvalue weighted by Gasteiger charge is -2.41. The summed E-state index contributed by atoms with van der Waals surface area (Å²) in [6, 6.07) is 8.33. The molecule has 0 heterocycles. The summed E-state index contributed by atoms with van der Waals surface area (Å²) >= 11 is 3.44. The van der Waals surface area contributed by atoms with Gasteiger partial charge in [-0.3, -0.25) is 0 Å². The van der Waals surface area contributed by atoms with E-state index in [1.54, 1.807) is 0 Å². The molecule has 1 fully saturated rings. The molecular weight excluding hydrogens is 278 g/mol. The number of hydrogen-bond acceptors (Lipinski definition) is 2. The third kappa shape index (κ3) is 2.90. The maximum Gasteiger partial charge on any atom is 0.0611 e. The average molecular weight is 298 g/mol. The fourth-order valence-corrected chi connectivity index (χ4v) is 3.08. The summed E-state index contributed by atoms with van der Waals surface area (Å²) in [7, 11) is 0. The highest BCUT2D eigenvalue weighted by atomic mass is 79.9. The summed E-state index contributed by atoms with van der Waals surface area (Å²) < 4.78 is 1.09. The van der Waals surface area contributed by atoms with Gasteiger partial charge in [0.2, 0.25) is 0 Å². The van der Waals surface area contributed by atoms with E-state index in [0.29, 0.717) is 6.54 Å². The molecule has 1 aliphatic rings. The maximum atomic E-state index is 10.2. The number of benzene rings is 1. The van der Waals surface area contributed by atoms with Crippen molar-refractivity contribution in [2.24, 2.45) is 11.1 Å². The van der Waals surface area contributed by atoms with Crippen LogP contribution >= 0.6 is 15.9 Å². The molecule has 1 aromatic rings. The Bertz CT molecular complexity index is 365. The second-order valence-electron chi connectivity index (χ2n) is 5.13. The Morgan fingerprint density at radius 2 is 2.00 bits per heavy atom. The molecule has 0 spiro atoms. The van der Waals surface area contributed by atoms with Crippen LogP contribution in [0, 0.1) is 5.41 Å². The number of halogens is 1. The van der Waals surface area contributed by atoms with Crippen LogP contribution in [0.25, 0.3) is 0 Å². The SMILES string of the molecule is NCC1(Cc2ccc(Br)cc2)CCCCC1O. The first kappa shape index (κ1) is 13.1. The van der Waals surface area contributed by atoms with Crippen LogP contribution < -0.4 is 5.73 Å². The van der Waals surface area contributed by atoms with Gasteiger partial charge >= 0.3 is 0 Å². The Kier molecular flexibility index (Phi) is 4.23. The minimum absolute atomic E-state index is 0.105. The van der Waals surface area contributed by atoms with Crippen molar-refractivity contribution in [2.45, 2.75) is 38.2 Å². The first-order valence-electron chi connectivity index (χ1n) is 6.29. The van der Waals surface area contributed by atoms with Crippen molar-refractivity contribution < 1.29 is 5.11 Å². The lowest BCUT2D eigenvalue weighted by Crippen LogP contribution is -2.45. The van der Waals surface area contributed by atoms with Crippen LogP contribution in [-0.2, 0) is 6.42 Å². The van der Waals surface area contributed by atoms with E-state index in [2.05, 4.69) is 40.2 Å². The molecule has 17 heavy (non-hydrogen) atoms. The molecule has 2 atom stereocenters. The van der Waals surface area contributed by atoms with E-state index in [0.717, 1.165) is 30.2 Å². The molecule has 0 aromatic heterocycles. The van der Waals surface area contributed by atoms with Crippen molar-refractivity contribution in [1.29, 1.82) is 0 Å². The Hall–Kier alpha value is -0.380. The zero-order chi connectivity index (χ0) is 12.3. The molecule has 3 N–H and O–H groups in total. The fourth-order valence-electron chi connectivity index (χ4n) is 2.81. The molecule has 3 heteroatoms. The Labute approximate surface area is 111 Å². The summed E-state index contributed by atoms with van der Waals surface area (Å²) in [5, 5.41) is 10.2. The highest BCUT2D eigenvalue weighted by molar-refractivity contribution is 9.10. The van der Waals surface area contributed by atoms with Crippen molar-refractivity contribution in [1.82, 2.24) is 0 Å². The number of nitrogens with two attached hydrogens (primary N) is 1. The van der Waals surface area contributed by atoms with Crippen LogP contribution in [0.3, 0.4) is 0 Å². The van der Waals surface area contributed by atoms with Gasteiger partial charge in [-0.25, -0.2) is 0 Å². The second kappa shape index (κ2) is 5.51. The third-order valence-corrected chi connectivity index (χ3v) is 4.51. The van der Waals surface area contributed by atoms with Gasteiger partial charge in [0, 0.05) is 16.4 Å². The van der Waals surface area contributed by atoms with Gasteiger partial charge in [-0.1, -0.05) is 40.9 Å². The summed E-state index contributed by atoms with van der Waals surface area (Å²) in [6.45, 7) is 0.574. The van der Waals surface area contributed by atoms with Gasteiger partial charge in [-0.05, 0) is 37.0 Å². The summed E-state index contributed by atoms with van der Waals surface area (Å²) in [6.07, 6.45) is 4.89. The molecule has 0 radical (unpaired) electrons. The van der Waals surface area contributed by atoms with Crippen LogP contribution in [0.5, 0.6) is 0 Å². The third-order valence-electron chi connectivity index (χ3n) is 3.99. The summed E-state index contributed by atoms with van der Waals surface area (Å²) in [5.41, 5.74) is 7.10. The average Bonchev–Trinajstić information content (AvgIpc) is 2.35. The zero-order valence-electron chi connectivity index (χ0n) is 10.0. The smallest absolute Gasteiger partial charge is 0.0611 e. The van der Waals surface area contributed by atoms with E-state index in [-0.39, 0.29) is 11.5 Å². The highest BCUT2D eigenvalue weighted by Crippen LogP contribution is 2.38. The Balaban J connectivity index is 2.15. The van der Waals surface area contributed by atoms with Crippen LogP contribution in [0.2, 0.25) is 0 Å². The molecule has 0 amide bonds. The van der Waals surface area contributed by atoms with Gasteiger partial charge in [0.05, 0.1) is 6.10 Å². The maximum absolute atomic E-state index is 10.2. The first-order chi connectivity index (χ1) is 8.16. The van der Waals surface area contributed by atoms with E-state index < -0.39 is 0 Å². The minimum atomic E-state index is -0.245. The molecule has 0 bridgehead atoms. The standard InChI is InChI=1S/C14H20BrNO/c15-12-6-4-11(5-7-12)9-14(10-16)8-2-1-3-13(14)17/h4-7,13,17H,1-3,8-10,16H2. The monoisotopic (exact) mass is 297 g/mol. The molecule has 2 unspecified atom stereocenters. The van der Waals surface area contributed by atoms with Crippen LogP contribution in [-0.4, -0.2) is 17.8 Å². The molecule has 2 nitrogen and oxygen atoms in total. The van der Waals surface area contributed by atoms with Gasteiger partial charge in [0.25, 0.3) is 0 Å². The molecule has 2 rings (SSSR count). The van der Waals surface area contributed by atoms with E-state index in [4.69, 9.17) is 5.73 Å². The van der Waals surface area contributed by atoms with Crippen LogP contribution in [0.15, 0.2) is 28.7 Å². The number of aliphatic hydroxyl groups is 1. The summed E-state index contributed by atoms with van der Waals surface area (Å²) in [5.74, 6) is 0. The molecule has 1 aliphatic carbocycles. The van der Waals surface area contributed by atoms with E-state index in [1.165, 1.54) is 12.0 Å². The van der Waals surface area contributed by atoms with Crippen molar-refractivity contribution >= 4 is 15.9 Å². The molecule has 1 aromatic carbocycles. The second-order valence-corrected chi connectivity index (χ2v) is 6.05. The minimum Gasteiger partial charge on any atom is -0.392 e. The fraction of sp³-hybridized carbons (Fsp3) is 0.571. The molecule has 0 saturated heterocycles. The lowest BCUT2D eigenvalue weighted by atomic mass is 9.68. The number of rotatable bonds is 3. The predicted octanol–water partition coefficient (Wildman–Crippen LogP) is 2.87. The zero-order valence-corrected chi connectivity index (χ0v) is 11.6. The van der Waals surface area contributed by atoms with Crippen LogP contribution in [0.4, 0.5) is 0 Å². The van der Waals surface area contributed by atoms with E-state index in [1.807, 2.05) is 0 Å². The van der Waals surface area contributed by atoms with Gasteiger partial charge in [0.15, 0.2) is 0 Å². The summed E-state index contributed by atoms with van der Waals surface area (Å²) in [4.78, 5) is 0. The van der Waals surface area contributed by atoms with Crippen molar-refractivity contribution in [3.05, 3.63) is 34.3 Å². The predicted molar refractivity (Wildman–Crippen MR) is 73.8 cm³/mol. The normalized spacial score (nSPS) is 29.2. The quantitative estimate of drug-likeness (QED) is 0.901.